The summed E-state index contributed by atoms with van der Waals surface area (Å²) >= 11 is 0. The third-order valence-electron chi connectivity index (χ3n) is 3.92. The van der Waals surface area contributed by atoms with Gasteiger partial charge in [-0.25, -0.2) is 0 Å². The van der Waals surface area contributed by atoms with Crippen molar-refractivity contribution >= 4 is 0 Å². The van der Waals surface area contributed by atoms with E-state index in [1.165, 1.54) is 0 Å². The quantitative estimate of drug-likeness (QED) is 0.804. The molecule has 5 nitrogen and oxygen atoms in total. The summed E-state index contributed by atoms with van der Waals surface area (Å²) in [6.07, 6.45) is -1.28. The molecule has 1 aromatic carbocycles. The third-order valence-corrected chi connectivity index (χ3v) is 3.92. The molecule has 0 amide bonds. The average molecular weight is 264 g/mol. The van der Waals surface area contributed by atoms with Gasteiger partial charge in [-0.05, 0) is 0 Å². The normalized spacial score (nSPS) is 44.3. The lowest BCUT2D eigenvalue weighted by atomic mass is 10.0. The molecule has 19 heavy (non-hydrogen) atoms. The summed E-state index contributed by atoms with van der Waals surface area (Å²) < 4.78 is 28.8. The number of hydrogen-bond donors (Lipinski definition) is 0. The van der Waals surface area contributed by atoms with E-state index >= 15 is 0 Å². The summed E-state index contributed by atoms with van der Waals surface area (Å²) in [4.78, 5) is 0. The molecule has 0 saturated carbocycles. The fourth-order valence-corrected chi connectivity index (χ4v) is 3.01. The smallest absolute Gasteiger partial charge is 0.187 e. The van der Waals surface area contributed by atoms with E-state index in [1.54, 1.807) is 7.11 Å². The van der Waals surface area contributed by atoms with E-state index in [1.807, 2.05) is 30.3 Å². The predicted octanol–water partition coefficient (Wildman–Crippen LogP) is 1.24. The number of fused-ring (bicyclic) bond motifs is 4. The second kappa shape index (κ2) is 4.54. The largest absolute Gasteiger partial charge is 0.376 e. The Bertz CT molecular complexity index is 450. The molecule has 0 N–H and O–H groups in total. The summed E-state index contributed by atoms with van der Waals surface area (Å²) in [5, 5.41) is 0. The van der Waals surface area contributed by atoms with E-state index in [0.29, 0.717) is 6.61 Å². The van der Waals surface area contributed by atoms with Gasteiger partial charge in [-0.2, -0.15) is 0 Å². The van der Waals surface area contributed by atoms with Crippen LogP contribution >= 0.6 is 0 Å². The van der Waals surface area contributed by atoms with Crippen LogP contribution in [0.25, 0.3) is 0 Å². The van der Waals surface area contributed by atoms with Gasteiger partial charge < -0.3 is 23.7 Å². The lowest BCUT2D eigenvalue weighted by Gasteiger charge is -2.33. The van der Waals surface area contributed by atoms with Gasteiger partial charge in [-0.3, -0.25) is 0 Å². The van der Waals surface area contributed by atoms with Crippen molar-refractivity contribution in [3.05, 3.63) is 35.9 Å². The van der Waals surface area contributed by atoms with Crippen LogP contribution in [0.4, 0.5) is 0 Å². The van der Waals surface area contributed by atoms with Gasteiger partial charge in [0.05, 0.1) is 6.61 Å². The molecule has 3 saturated heterocycles. The minimum atomic E-state index is -0.375. The Labute approximate surface area is 111 Å². The highest BCUT2D eigenvalue weighted by Gasteiger charge is 2.57. The molecule has 3 fully saturated rings. The summed E-state index contributed by atoms with van der Waals surface area (Å²) in [5.41, 5.74) is 1.00. The molecule has 2 bridgehead atoms. The van der Waals surface area contributed by atoms with Crippen molar-refractivity contribution in [3.63, 3.8) is 0 Å². The van der Waals surface area contributed by atoms with Crippen molar-refractivity contribution in [1.29, 1.82) is 0 Å². The van der Waals surface area contributed by atoms with Crippen LogP contribution in [-0.4, -0.2) is 44.4 Å². The number of ether oxygens (including phenoxy) is 5. The zero-order valence-corrected chi connectivity index (χ0v) is 10.6. The van der Waals surface area contributed by atoms with E-state index in [-0.39, 0.29) is 37.0 Å². The van der Waals surface area contributed by atoms with Gasteiger partial charge in [0.1, 0.15) is 24.4 Å². The first-order valence-corrected chi connectivity index (χ1v) is 6.52. The molecule has 5 heteroatoms. The van der Waals surface area contributed by atoms with Crippen LogP contribution in [0.3, 0.4) is 0 Å². The SMILES string of the molecule is CO[C@H]1[C@@H]2OC(c3ccccc3)O[C@@H]2[C@@H]2OC[C@H]1O2. The molecule has 6 atom stereocenters. The highest BCUT2D eigenvalue weighted by atomic mass is 16.8. The van der Waals surface area contributed by atoms with Crippen molar-refractivity contribution in [2.24, 2.45) is 0 Å². The second-order valence-corrected chi connectivity index (χ2v) is 5.02. The van der Waals surface area contributed by atoms with Crippen molar-refractivity contribution in [3.8, 4) is 0 Å². The number of hydrogen-bond acceptors (Lipinski definition) is 5. The maximum absolute atomic E-state index is 6.03. The van der Waals surface area contributed by atoms with Gasteiger partial charge >= 0.3 is 0 Å². The van der Waals surface area contributed by atoms with Crippen molar-refractivity contribution < 1.29 is 23.7 Å². The Balaban J connectivity index is 1.60. The van der Waals surface area contributed by atoms with Crippen LogP contribution in [0, 0.1) is 0 Å². The third kappa shape index (κ3) is 1.81. The first-order valence-electron chi connectivity index (χ1n) is 6.52. The van der Waals surface area contributed by atoms with Crippen LogP contribution in [-0.2, 0) is 23.7 Å². The Kier molecular flexibility index (Phi) is 2.82. The molecule has 3 heterocycles. The molecule has 0 radical (unpaired) electrons. The molecule has 1 aromatic rings. The molecular formula is C14H16O5. The minimum absolute atomic E-state index is 0.0608. The fourth-order valence-electron chi connectivity index (χ4n) is 3.01. The highest BCUT2D eigenvalue weighted by molar-refractivity contribution is 5.17. The molecule has 3 aliphatic rings. The Hall–Kier alpha value is -0.980. The van der Waals surface area contributed by atoms with Crippen LogP contribution < -0.4 is 0 Å². The van der Waals surface area contributed by atoms with Crippen LogP contribution in [0.1, 0.15) is 11.9 Å². The fraction of sp³-hybridized carbons (Fsp3) is 0.571. The van der Waals surface area contributed by atoms with Gasteiger partial charge in [0, 0.05) is 12.7 Å². The highest BCUT2D eigenvalue weighted by Crippen LogP contribution is 2.42. The predicted molar refractivity (Wildman–Crippen MR) is 64.3 cm³/mol. The van der Waals surface area contributed by atoms with Crippen LogP contribution in [0.2, 0.25) is 0 Å². The van der Waals surface area contributed by atoms with Gasteiger partial charge in [-0.1, -0.05) is 30.3 Å². The molecule has 4 rings (SSSR count). The van der Waals surface area contributed by atoms with Crippen LogP contribution in [0.15, 0.2) is 30.3 Å². The lowest BCUT2D eigenvalue weighted by molar-refractivity contribution is -0.200. The molecule has 3 aliphatic heterocycles. The van der Waals surface area contributed by atoms with Gasteiger partial charge in [0.15, 0.2) is 12.6 Å². The zero-order chi connectivity index (χ0) is 12.8. The molecule has 0 aliphatic carbocycles. The maximum atomic E-state index is 6.03. The molecule has 1 unspecified atom stereocenters. The Morgan fingerprint density at radius 2 is 1.84 bits per heavy atom. The van der Waals surface area contributed by atoms with Gasteiger partial charge in [0.25, 0.3) is 0 Å². The summed E-state index contributed by atoms with van der Waals surface area (Å²) in [7, 11) is 1.67. The Morgan fingerprint density at radius 3 is 2.63 bits per heavy atom. The molecule has 0 spiro atoms. The summed E-state index contributed by atoms with van der Waals surface area (Å²) in [6.45, 7) is 0.541. The van der Waals surface area contributed by atoms with E-state index < -0.39 is 0 Å². The van der Waals surface area contributed by atoms with Crippen molar-refractivity contribution in [2.45, 2.75) is 37.0 Å². The lowest BCUT2D eigenvalue weighted by Crippen LogP contribution is -2.53. The topological polar surface area (TPSA) is 46.2 Å². The van der Waals surface area contributed by atoms with Gasteiger partial charge in [0.2, 0.25) is 0 Å². The molecular weight excluding hydrogens is 248 g/mol. The summed E-state index contributed by atoms with van der Waals surface area (Å²) in [5.74, 6) is 0. The zero-order valence-electron chi connectivity index (χ0n) is 10.6. The standard InChI is InChI=1S/C14H16O5/c1-15-10-9-7-16-14(17-9)12-11(10)18-13(19-12)8-5-3-2-4-6-8/h2-6,9-14H,7H2,1H3/t9-,10-,11+,12+,13?,14-/m1/s1. The first kappa shape index (κ1) is 11.8. The van der Waals surface area contributed by atoms with Crippen molar-refractivity contribution in [2.75, 3.05) is 13.7 Å². The summed E-state index contributed by atoms with van der Waals surface area (Å²) in [6, 6.07) is 9.89. The second-order valence-electron chi connectivity index (χ2n) is 5.02. The average Bonchev–Trinajstić information content (AvgIpc) is 3.07. The van der Waals surface area contributed by atoms with Crippen molar-refractivity contribution in [1.82, 2.24) is 0 Å². The van der Waals surface area contributed by atoms with Gasteiger partial charge in [-0.15, -0.1) is 0 Å². The molecule has 102 valence electrons. The number of rotatable bonds is 2. The number of methoxy groups -OCH3 is 1. The van der Waals surface area contributed by atoms with E-state index in [0.717, 1.165) is 5.56 Å². The Morgan fingerprint density at radius 1 is 1.05 bits per heavy atom. The number of benzene rings is 1. The maximum Gasteiger partial charge on any atom is 0.187 e. The molecule has 0 aromatic heterocycles. The minimum Gasteiger partial charge on any atom is -0.376 e. The van der Waals surface area contributed by atoms with Crippen LogP contribution in [0.5, 0.6) is 0 Å². The van der Waals surface area contributed by atoms with E-state index in [2.05, 4.69) is 0 Å². The monoisotopic (exact) mass is 264 g/mol. The van der Waals surface area contributed by atoms with E-state index in [9.17, 15) is 0 Å². The first-order chi connectivity index (χ1) is 9.36. The van der Waals surface area contributed by atoms with E-state index in [4.69, 9.17) is 23.7 Å².